The fourth-order valence-electron chi connectivity index (χ4n) is 3.69. The lowest BCUT2D eigenvalue weighted by molar-refractivity contribution is -0.137. The van der Waals surface area contributed by atoms with Crippen molar-refractivity contribution in [2.24, 2.45) is 17.3 Å². The van der Waals surface area contributed by atoms with Gasteiger partial charge in [-0.3, -0.25) is 4.79 Å². The molecule has 0 unspecified atom stereocenters. The average molecular weight is 379 g/mol. The molecule has 0 saturated heterocycles. The van der Waals surface area contributed by atoms with Gasteiger partial charge in [0.15, 0.2) is 0 Å². The van der Waals surface area contributed by atoms with Gasteiger partial charge in [-0.1, -0.05) is 70.1 Å². The molecular weight excluding hydrogens is 340 g/mol. The van der Waals surface area contributed by atoms with Crippen molar-refractivity contribution in [3.8, 4) is 0 Å². The largest absolute Gasteiger partial charge is 0.481 e. The molecule has 1 fully saturated rings. The molecule has 1 aliphatic carbocycles. The van der Waals surface area contributed by atoms with E-state index in [-0.39, 0.29) is 23.7 Å². The van der Waals surface area contributed by atoms with Crippen LogP contribution in [0.5, 0.6) is 0 Å². The lowest BCUT2D eigenvalue weighted by Gasteiger charge is -2.29. The number of carboxylic acid groups (broad SMARTS) is 1. The number of hydrogen-bond acceptors (Lipinski definition) is 3. The summed E-state index contributed by atoms with van der Waals surface area (Å²) in [7, 11) is 0. The van der Waals surface area contributed by atoms with Gasteiger partial charge in [0.1, 0.15) is 0 Å². The minimum Gasteiger partial charge on any atom is -0.481 e. The van der Waals surface area contributed by atoms with Crippen molar-refractivity contribution in [3.05, 3.63) is 36.5 Å². The van der Waals surface area contributed by atoms with Gasteiger partial charge in [-0.2, -0.15) is 0 Å². The van der Waals surface area contributed by atoms with Crippen LogP contribution in [0.3, 0.4) is 0 Å². The fraction of sp³-hybridized carbons (Fsp3) is 0.696. The maximum absolute atomic E-state index is 10.6. The summed E-state index contributed by atoms with van der Waals surface area (Å²) < 4.78 is 0. The molecule has 0 aromatic rings. The molecule has 4 atom stereocenters. The van der Waals surface area contributed by atoms with Crippen LogP contribution in [0, 0.1) is 17.3 Å². The molecule has 0 aromatic carbocycles. The first-order valence-corrected chi connectivity index (χ1v) is 10.3. The van der Waals surface area contributed by atoms with Gasteiger partial charge < -0.3 is 15.3 Å². The molecule has 4 heteroatoms. The van der Waals surface area contributed by atoms with Crippen LogP contribution in [0.4, 0.5) is 0 Å². The Kier molecular flexibility index (Phi) is 10.0. The molecule has 0 bridgehead atoms. The molecule has 1 aliphatic rings. The van der Waals surface area contributed by atoms with E-state index in [1.165, 1.54) is 0 Å². The summed E-state index contributed by atoms with van der Waals surface area (Å²) in [6.45, 7) is 10.4. The van der Waals surface area contributed by atoms with Gasteiger partial charge in [-0.15, -0.1) is 0 Å². The van der Waals surface area contributed by atoms with Crippen molar-refractivity contribution < 1.29 is 20.1 Å². The smallest absolute Gasteiger partial charge is 0.303 e. The van der Waals surface area contributed by atoms with Crippen molar-refractivity contribution in [1.29, 1.82) is 0 Å². The highest BCUT2D eigenvalue weighted by Crippen LogP contribution is 2.40. The van der Waals surface area contributed by atoms with Gasteiger partial charge in [0.2, 0.25) is 0 Å². The van der Waals surface area contributed by atoms with Crippen molar-refractivity contribution in [2.75, 3.05) is 0 Å². The topological polar surface area (TPSA) is 77.8 Å². The molecule has 0 spiro atoms. The lowest BCUT2D eigenvalue weighted by Crippen LogP contribution is -2.28. The summed E-state index contributed by atoms with van der Waals surface area (Å²) >= 11 is 0. The Bertz CT molecular complexity index is 532. The van der Waals surface area contributed by atoms with Gasteiger partial charge in [0, 0.05) is 12.3 Å². The van der Waals surface area contributed by atoms with E-state index in [0.29, 0.717) is 12.8 Å². The maximum atomic E-state index is 10.6. The van der Waals surface area contributed by atoms with Crippen LogP contribution in [0.15, 0.2) is 36.5 Å². The number of unbranched alkanes of at least 4 members (excludes halogenated alkanes) is 2. The van der Waals surface area contributed by atoms with Crippen molar-refractivity contribution in [1.82, 2.24) is 0 Å². The first-order chi connectivity index (χ1) is 12.7. The molecule has 0 heterocycles. The molecule has 4 nitrogen and oxygen atoms in total. The number of allylic oxidation sites excluding steroid dienone is 2. The number of carbonyl (C=O) groups is 1. The van der Waals surface area contributed by atoms with E-state index in [1.54, 1.807) is 0 Å². The zero-order valence-corrected chi connectivity index (χ0v) is 17.2. The highest BCUT2D eigenvalue weighted by molar-refractivity contribution is 5.66. The van der Waals surface area contributed by atoms with Crippen molar-refractivity contribution in [2.45, 2.75) is 84.3 Å². The molecule has 154 valence electrons. The normalized spacial score (nSPS) is 24.9. The minimum absolute atomic E-state index is 0.0298. The molecule has 1 rings (SSSR count). The van der Waals surface area contributed by atoms with Crippen LogP contribution >= 0.6 is 0 Å². The predicted molar refractivity (Wildman–Crippen MR) is 110 cm³/mol. The number of aliphatic carboxylic acids is 1. The SMILES string of the molecule is C=C1C[C@@H](O)[C@H](/C=C/[C@@H](O)C(C)(C)CCCC)[C@H]1CC=CCCCC(=O)O. The number of carboxylic acids is 1. The first kappa shape index (κ1) is 23.6. The molecule has 27 heavy (non-hydrogen) atoms. The van der Waals surface area contributed by atoms with Gasteiger partial charge in [0.05, 0.1) is 12.2 Å². The minimum atomic E-state index is -0.763. The number of hydrogen-bond donors (Lipinski definition) is 3. The van der Waals surface area contributed by atoms with E-state index < -0.39 is 18.2 Å². The molecule has 0 aliphatic heterocycles. The monoisotopic (exact) mass is 378 g/mol. The number of aliphatic hydroxyl groups is 2. The van der Waals surface area contributed by atoms with Crippen molar-refractivity contribution in [3.63, 3.8) is 0 Å². The average Bonchev–Trinajstić information content (AvgIpc) is 2.86. The summed E-state index contributed by atoms with van der Waals surface area (Å²) in [5.74, 6) is -0.628. The Morgan fingerprint density at radius 2 is 2.04 bits per heavy atom. The third-order valence-corrected chi connectivity index (χ3v) is 5.71. The zero-order valence-electron chi connectivity index (χ0n) is 17.2. The van der Waals surface area contributed by atoms with Crippen LogP contribution < -0.4 is 0 Å². The van der Waals surface area contributed by atoms with Crippen LogP contribution in [-0.4, -0.2) is 33.5 Å². The highest BCUT2D eigenvalue weighted by atomic mass is 16.4. The predicted octanol–water partition coefficient (Wildman–Crippen LogP) is 4.87. The quantitative estimate of drug-likeness (QED) is 0.334. The summed E-state index contributed by atoms with van der Waals surface area (Å²) in [6.07, 6.45) is 13.1. The lowest BCUT2D eigenvalue weighted by atomic mass is 9.80. The van der Waals surface area contributed by atoms with E-state index in [4.69, 9.17) is 5.11 Å². The van der Waals surface area contributed by atoms with Crippen LogP contribution in [0.25, 0.3) is 0 Å². The van der Waals surface area contributed by atoms with Crippen molar-refractivity contribution >= 4 is 5.97 Å². The second-order valence-corrected chi connectivity index (χ2v) is 8.53. The molecule has 0 aromatic heterocycles. The Hall–Kier alpha value is -1.39. The third-order valence-electron chi connectivity index (χ3n) is 5.71. The van der Waals surface area contributed by atoms with Crippen LogP contribution in [0.2, 0.25) is 0 Å². The zero-order chi connectivity index (χ0) is 20.4. The van der Waals surface area contributed by atoms with Gasteiger partial charge >= 0.3 is 5.97 Å². The van der Waals surface area contributed by atoms with E-state index in [1.807, 2.05) is 18.2 Å². The summed E-state index contributed by atoms with van der Waals surface area (Å²) in [5.41, 5.74) is 0.874. The molecule has 3 N–H and O–H groups in total. The number of aliphatic hydroxyl groups excluding tert-OH is 2. The number of rotatable bonds is 12. The van der Waals surface area contributed by atoms with Crippen LogP contribution in [0.1, 0.15) is 72.1 Å². The Labute approximate surface area is 164 Å². The molecule has 0 amide bonds. The molecular formula is C23H38O4. The standard InChI is InChI=1S/C23H38O4/c1-5-6-15-23(3,4)21(25)14-13-19-18(17(2)16-20(19)24)11-9-7-8-10-12-22(26)27/h7,9,13-14,18-21,24-25H,2,5-6,8,10-12,15-16H2,1,3-4H3,(H,26,27)/b9-7?,14-13+/t18-,19+,20+,21+/m0/s1. The second-order valence-electron chi connectivity index (χ2n) is 8.53. The molecule has 0 radical (unpaired) electrons. The van der Waals surface area contributed by atoms with E-state index in [2.05, 4.69) is 33.4 Å². The summed E-state index contributed by atoms with van der Waals surface area (Å²) in [5, 5.41) is 29.6. The van der Waals surface area contributed by atoms with E-state index in [9.17, 15) is 15.0 Å². The van der Waals surface area contributed by atoms with E-state index in [0.717, 1.165) is 37.7 Å². The van der Waals surface area contributed by atoms with Gasteiger partial charge in [0.25, 0.3) is 0 Å². The van der Waals surface area contributed by atoms with Crippen LogP contribution in [-0.2, 0) is 4.79 Å². The Morgan fingerprint density at radius 3 is 2.67 bits per heavy atom. The highest BCUT2D eigenvalue weighted by Gasteiger charge is 2.35. The summed E-state index contributed by atoms with van der Waals surface area (Å²) in [6, 6.07) is 0. The Morgan fingerprint density at radius 1 is 1.33 bits per heavy atom. The molecule has 1 saturated carbocycles. The Balaban J connectivity index is 2.63. The van der Waals surface area contributed by atoms with Gasteiger partial charge in [-0.05, 0) is 43.4 Å². The van der Waals surface area contributed by atoms with Gasteiger partial charge in [-0.25, -0.2) is 0 Å². The first-order valence-electron chi connectivity index (χ1n) is 10.3. The third kappa shape index (κ3) is 8.02. The maximum Gasteiger partial charge on any atom is 0.303 e. The fourth-order valence-corrected chi connectivity index (χ4v) is 3.69. The van der Waals surface area contributed by atoms with E-state index >= 15 is 0 Å². The summed E-state index contributed by atoms with van der Waals surface area (Å²) in [4.78, 5) is 10.5. The second kappa shape index (κ2) is 11.5.